The molecule has 1 rings (SSSR count). The van der Waals surface area contributed by atoms with Crippen molar-refractivity contribution in [2.45, 2.75) is 13.8 Å². The van der Waals surface area contributed by atoms with Crippen molar-refractivity contribution < 1.29 is 19.1 Å². The lowest BCUT2D eigenvalue weighted by atomic mass is 10.2. The van der Waals surface area contributed by atoms with Crippen LogP contribution < -0.4 is 5.32 Å². The predicted molar refractivity (Wildman–Crippen MR) is 80.2 cm³/mol. The molecule has 1 aromatic heterocycles. The zero-order chi connectivity index (χ0) is 16.0. The minimum Gasteiger partial charge on any atom is -0.469 e. The summed E-state index contributed by atoms with van der Waals surface area (Å²) in [5.41, 5.74) is 0. The van der Waals surface area contributed by atoms with E-state index < -0.39 is 5.92 Å². The molecule has 0 radical (unpaired) electrons. The number of rotatable bonds is 6. The van der Waals surface area contributed by atoms with Crippen molar-refractivity contribution in [2.75, 3.05) is 27.2 Å². The SMILES string of the molecule is COC(=O)C(C)CN(C)C(=O)CNC(=O)c1ccc(C)s1. The van der Waals surface area contributed by atoms with Gasteiger partial charge in [0.1, 0.15) is 0 Å². The fourth-order valence-electron chi connectivity index (χ4n) is 1.72. The standard InChI is InChI=1S/C14H20N2O4S/c1-9(14(19)20-4)8-16(3)12(17)7-15-13(18)11-6-5-10(2)21-11/h5-6,9H,7-8H2,1-4H3,(H,15,18). The molecule has 0 fully saturated rings. The van der Waals surface area contributed by atoms with Crippen molar-refractivity contribution in [3.63, 3.8) is 0 Å². The van der Waals surface area contributed by atoms with Gasteiger partial charge in [0.05, 0.1) is 24.4 Å². The molecule has 1 aromatic rings. The first-order chi connectivity index (χ1) is 9.85. The summed E-state index contributed by atoms with van der Waals surface area (Å²) in [6, 6.07) is 3.58. The van der Waals surface area contributed by atoms with Crippen LogP contribution in [0.15, 0.2) is 12.1 Å². The lowest BCUT2D eigenvalue weighted by molar-refractivity contribution is -0.146. The van der Waals surface area contributed by atoms with Gasteiger partial charge in [-0.1, -0.05) is 6.92 Å². The summed E-state index contributed by atoms with van der Waals surface area (Å²) in [6.45, 7) is 3.75. The summed E-state index contributed by atoms with van der Waals surface area (Å²) in [5, 5.41) is 2.57. The number of nitrogens with zero attached hydrogens (tertiary/aromatic N) is 1. The minimum atomic E-state index is -0.403. The van der Waals surface area contributed by atoms with Crippen LogP contribution in [0.3, 0.4) is 0 Å². The molecule has 7 heteroatoms. The summed E-state index contributed by atoms with van der Waals surface area (Å²) in [6.07, 6.45) is 0. The van der Waals surface area contributed by atoms with E-state index in [9.17, 15) is 14.4 Å². The molecule has 0 saturated heterocycles. The Morgan fingerprint density at radius 2 is 2.05 bits per heavy atom. The maximum Gasteiger partial charge on any atom is 0.310 e. The number of carbonyl (C=O) groups is 3. The second kappa shape index (κ2) is 7.78. The molecule has 1 atom stereocenters. The summed E-state index contributed by atoms with van der Waals surface area (Å²) in [5.74, 6) is -1.30. The van der Waals surface area contributed by atoms with Crippen molar-refractivity contribution in [2.24, 2.45) is 5.92 Å². The van der Waals surface area contributed by atoms with Gasteiger partial charge in [0.25, 0.3) is 5.91 Å². The van der Waals surface area contributed by atoms with E-state index in [-0.39, 0.29) is 30.9 Å². The highest BCUT2D eigenvalue weighted by atomic mass is 32.1. The van der Waals surface area contributed by atoms with E-state index >= 15 is 0 Å². The third-order valence-electron chi connectivity index (χ3n) is 2.94. The number of ether oxygens (including phenoxy) is 1. The molecular formula is C14H20N2O4S. The number of aryl methyl sites for hydroxylation is 1. The van der Waals surface area contributed by atoms with Gasteiger partial charge >= 0.3 is 5.97 Å². The van der Waals surface area contributed by atoms with Crippen LogP contribution in [0.1, 0.15) is 21.5 Å². The average Bonchev–Trinajstić information content (AvgIpc) is 2.89. The van der Waals surface area contributed by atoms with Gasteiger partial charge in [-0.3, -0.25) is 14.4 Å². The summed E-state index contributed by atoms with van der Waals surface area (Å²) in [7, 11) is 2.90. The molecule has 1 N–H and O–H groups in total. The average molecular weight is 312 g/mol. The molecular weight excluding hydrogens is 292 g/mol. The summed E-state index contributed by atoms with van der Waals surface area (Å²) >= 11 is 1.38. The van der Waals surface area contributed by atoms with Crippen LogP contribution in [0.25, 0.3) is 0 Å². The summed E-state index contributed by atoms with van der Waals surface area (Å²) in [4.78, 5) is 38.0. The minimum absolute atomic E-state index is 0.0971. The van der Waals surface area contributed by atoms with Crippen molar-refractivity contribution in [1.29, 1.82) is 0 Å². The van der Waals surface area contributed by atoms with Gasteiger partial charge in [0.15, 0.2) is 0 Å². The quantitative estimate of drug-likeness (QED) is 0.797. The van der Waals surface area contributed by atoms with Crippen LogP contribution in [0, 0.1) is 12.8 Å². The largest absolute Gasteiger partial charge is 0.469 e. The highest BCUT2D eigenvalue weighted by molar-refractivity contribution is 7.13. The predicted octanol–water partition coefficient (Wildman–Crippen LogP) is 1.05. The zero-order valence-corrected chi connectivity index (χ0v) is 13.5. The van der Waals surface area contributed by atoms with Crippen LogP contribution in [-0.4, -0.2) is 49.9 Å². The fourth-order valence-corrected chi connectivity index (χ4v) is 2.51. The van der Waals surface area contributed by atoms with Crippen molar-refractivity contribution in [3.05, 3.63) is 21.9 Å². The number of esters is 1. The molecule has 0 aliphatic heterocycles. The highest BCUT2D eigenvalue weighted by Crippen LogP contribution is 2.14. The topological polar surface area (TPSA) is 75.7 Å². The third-order valence-corrected chi connectivity index (χ3v) is 3.94. The Hall–Kier alpha value is -1.89. The molecule has 0 aliphatic carbocycles. The van der Waals surface area contributed by atoms with Crippen molar-refractivity contribution in [3.8, 4) is 0 Å². The maximum absolute atomic E-state index is 11.9. The van der Waals surface area contributed by atoms with Gasteiger partial charge in [0.2, 0.25) is 5.91 Å². The van der Waals surface area contributed by atoms with Gasteiger partial charge in [-0.25, -0.2) is 0 Å². The van der Waals surface area contributed by atoms with E-state index in [1.54, 1.807) is 20.0 Å². The van der Waals surface area contributed by atoms with Gasteiger partial charge in [-0.2, -0.15) is 0 Å². The molecule has 116 valence electrons. The van der Waals surface area contributed by atoms with E-state index in [0.29, 0.717) is 4.88 Å². The van der Waals surface area contributed by atoms with Crippen LogP contribution in [0.2, 0.25) is 0 Å². The van der Waals surface area contributed by atoms with E-state index in [4.69, 9.17) is 0 Å². The van der Waals surface area contributed by atoms with Gasteiger partial charge in [-0.15, -0.1) is 11.3 Å². The molecule has 2 amide bonds. The smallest absolute Gasteiger partial charge is 0.310 e. The Morgan fingerprint density at radius 1 is 1.38 bits per heavy atom. The zero-order valence-electron chi connectivity index (χ0n) is 12.6. The first-order valence-electron chi connectivity index (χ1n) is 6.51. The number of amides is 2. The van der Waals surface area contributed by atoms with E-state index in [1.807, 2.05) is 13.0 Å². The number of carbonyl (C=O) groups excluding carboxylic acids is 3. The molecule has 21 heavy (non-hydrogen) atoms. The normalized spacial score (nSPS) is 11.6. The van der Waals surface area contributed by atoms with Crippen molar-refractivity contribution >= 4 is 29.1 Å². The Kier molecular flexibility index (Phi) is 6.36. The Bertz CT molecular complexity index is 527. The molecule has 1 heterocycles. The van der Waals surface area contributed by atoms with Gasteiger partial charge in [0, 0.05) is 18.5 Å². The number of likely N-dealkylation sites (N-methyl/N-ethyl adjacent to an activating group) is 1. The highest BCUT2D eigenvalue weighted by Gasteiger charge is 2.19. The van der Waals surface area contributed by atoms with E-state index in [0.717, 1.165) is 4.88 Å². The molecule has 1 unspecified atom stereocenters. The van der Waals surface area contributed by atoms with Crippen molar-refractivity contribution in [1.82, 2.24) is 10.2 Å². The molecule has 0 spiro atoms. The van der Waals surface area contributed by atoms with E-state index in [2.05, 4.69) is 10.1 Å². The number of hydrogen-bond acceptors (Lipinski definition) is 5. The number of methoxy groups -OCH3 is 1. The number of thiophene rings is 1. The van der Waals surface area contributed by atoms with E-state index in [1.165, 1.54) is 23.3 Å². The second-order valence-corrected chi connectivity index (χ2v) is 6.08. The molecule has 6 nitrogen and oxygen atoms in total. The summed E-state index contributed by atoms with van der Waals surface area (Å²) < 4.78 is 4.61. The molecule has 0 saturated carbocycles. The Labute approximate surface area is 128 Å². The first kappa shape index (κ1) is 17.2. The molecule has 0 aliphatic rings. The van der Waals surface area contributed by atoms with Crippen LogP contribution in [-0.2, 0) is 14.3 Å². The number of hydrogen-bond donors (Lipinski definition) is 1. The first-order valence-corrected chi connectivity index (χ1v) is 7.33. The fraction of sp³-hybridized carbons (Fsp3) is 0.500. The van der Waals surface area contributed by atoms with Gasteiger partial charge < -0.3 is 15.0 Å². The van der Waals surface area contributed by atoms with Crippen LogP contribution in [0.5, 0.6) is 0 Å². The Morgan fingerprint density at radius 3 is 2.57 bits per heavy atom. The van der Waals surface area contributed by atoms with Crippen LogP contribution >= 0.6 is 11.3 Å². The molecule has 0 bridgehead atoms. The lowest BCUT2D eigenvalue weighted by Crippen LogP contribution is -2.40. The molecule has 0 aromatic carbocycles. The van der Waals surface area contributed by atoms with Gasteiger partial charge in [-0.05, 0) is 19.1 Å². The second-order valence-electron chi connectivity index (χ2n) is 4.79. The number of nitrogens with one attached hydrogen (secondary N) is 1. The lowest BCUT2D eigenvalue weighted by Gasteiger charge is -2.20. The maximum atomic E-state index is 11.9. The third kappa shape index (κ3) is 5.18. The monoisotopic (exact) mass is 312 g/mol. The van der Waals surface area contributed by atoms with Crippen LogP contribution in [0.4, 0.5) is 0 Å². The Balaban J connectivity index is 2.42.